The highest BCUT2D eigenvalue weighted by Crippen LogP contribution is 1.83. The predicted octanol–water partition coefficient (Wildman–Crippen LogP) is 0.718. The molecule has 0 rings (SSSR count). The first kappa shape index (κ1) is 16.8. The van der Waals surface area contributed by atoms with Gasteiger partial charge in [-0.3, -0.25) is 11.3 Å². The first-order valence-corrected chi connectivity index (χ1v) is 2.82. The number of nitrogens with one attached hydrogen (secondary N) is 1. The lowest BCUT2D eigenvalue weighted by Gasteiger charge is -2.04. The topological polar surface area (TPSA) is 47.3 Å². The predicted molar refractivity (Wildman–Crippen MR) is 47.8 cm³/mol. The number of hydrogen-bond acceptors (Lipinski definition) is 3. The molecule has 0 spiro atoms. The summed E-state index contributed by atoms with van der Waals surface area (Å²) in [7, 11) is 0. The summed E-state index contributed by atoms with van der Waals surface area (Å²) < 4.78 is 5.14. The average molecular weight is 191 g/mol. The van der Waals surface area contributed by atoms with Crippen molar-refractivity contribution in [3.05, 3.63) is 0 Å². The molecule has 0 atom stereocenters. The Kier molecular flexibility index (Phi) is 20.5. The van der Waals surface area contributed by atoms with Gasteiger partial charge in [0.1, 0.15) is 0 Å². The van der Waals surface area contributed by atoms with Crippen LogP contribution in [0.25, 0.3) is 0 Å². The molecule has 10 heavy (non-hydrogen) atoms. The molecule has 0 fully saturated rings. The molecule has 3 nitrogen and oxygen atoms in total. The van der Waals surface area contributed by atoms with Gasteiger partial charge in [-0.2, -0.15) is 0 Å². The molecular weight excluding hydrogens is 175 g/mol. The molecule has 0 aliphatic carbocycles. The van der Waals surface area contributed by atoms with Crippen molar-refractivity contribution in [3.8, 4) is 0 Å². The Balaban J connectivity index is -0.000000245. The molecule has 66 valence electrons. The minimum absolute atomic E-state index is 0. The van der Waals surface area contributed by atoms with Crippen LogP contribution in [0.5, 0.6) is 0 Å². The SMILES string of the molecule is CC(C)OCCNN.Cl.Cl. The number of rotatable bonds is 4. The Morgan fingerprint density at radius 2 is 1.90 bits per heavy atom. The van der Waals surface area contributed by atoms with Gasteiger partial charge in [-0.1, -0.05) is 0 Å². The molecule has 0 aromatic heterocycles. The van der Waals surface area contributed by atoms with E-state index >= 15 is 0 Å². The molecule has 0 aliphatic heterocycles. The molecule has 5 heteroatoms. The van der Waals surface area contributed by atoms with Crippen LogP contribution in [0.15, 0.2) is 0 Å². The highest BCUT2D eigenvalue weighted by molar-refractivity contribution is 5.85. The van der Waals surface area contributed by atoms with E-state index in [1.165, 1.54) is 0 Å². The summed E-state index contributed by atoms with van der Waals surface area (Å²) in [6.45, 7) is 5.40. The first-order valence-electron chi connectivity index (χ1n) is 2.82. The van der Waals surface area contributed by atoms with Crippen LogP contribution in [-0.2, 0) is 4.74 Å². The number of hydrogen-bond donors (Lipinski definition) is 2. The van der Waals surface area contributed by atoms with Gasteiger partial charge >= 0.3 is 0 Å². The number of hydrazine groups is 1. The van der Waals surface area contributed by atoms with E-state index in [1.54, 1.807) is 0 Å². The highest BCUT2D eigenvalue weighted by Gasteiger charge is 1.88. The number of ether oxygens (including phenoxy) is 1. The fraction of sp³-hybridized carbons (Fsp3) is 1.00. The second kappa shape index (κ2) is 12.2. The number of nitrogens with two attached hydrogens (primary N) is 1. The summed E-state index contributed by atoms with van der Waals surface area (Å²) in [6, 6.07) is 0. The molecule has 0 saturated heterocycles. The van der Waals surface area contributed by atoms with Gasteiger partial charge in [0.25, 0.3) is 0 Å². The quantitative estimate of drug-likeness (QED) is 0.391. The van der Waals surface area contributed by atoms with Gasteiger partial charge in [0.2, 0.25) is 0 Å². The lowest BCUT2D eigenvalue weighted by molar-refractivity contribution is 0.0810. The second-order valence-corrected chi connectivity index (χ2v) is 1.87. The summed E-state index contributed by atoms with van der Waals surface area (Å²) in [6.07, 6.45) is 0.309. The van der Waals surface area contributed by atoms with Crippen molar-refractivity contribution in [2.75, 3.05) is 13.2 Å². The highest BCUT2D eigenvalue weighted by atomic mass is 35.5. The van der Waals surface area contributed by atoms with Crippen LogP contribution >= 0.6 is 24.8 Å². The lowest BCUT2D eigenvalue weighted by Crippen LogP contribution is -2.27. The smallest absolute Gasteiger partial charge is 0.0608 e. The standard InChI is InChI=1S/C5H14N2O.2ClH/c1-5(2)8-4-3-7-6;;/h5,7H,3-4,6H2,1-2H3;2*1H. The Labute approximate surface area is 74.5 Å². The Morgan fingerprint density at radius 1 is 1.40 bits per heavy atom. The monoisotopic (exact) mass is 190 g/mol. The van der Waals surface area contributed by atoms with Gasteiger partial charge in [0.15, 0.2) is 0 Å². The molecule has 0 bridgehead atoms. The molecule has 0 radical (unpaired) electrons. The van der Waals surface area contributed by atoms with Crippen molar-refractivity contribution in [2.24, 2.45) is 5.84 Å². The van der Waals surface area contributed by atoms with Crippen molar-refractivity contribution < 1.29 is 4.74 Å². The summed E-state index contributed by atoms with van der Waals surface area (Å²) in [4.78, 5) is 0. The molecule has 0 aliphatic rings. The third kappa shape index (κ3) is 15.8. The maximum atomic E-state index is 5.14. The second-order valence-electron chi connectivity index (χ2n) is 1.87. The van der Waals surface area contributed by atoms with Crippen LogP contribution in [0.2, 0.25) is 0 Å². The third-order valence-corrected chi connectivity index (χ3v) is 0.698. The maximum Gasteiger partial charge on any atom is 0.0608 e. The molecule has 0 amide bonds. The van der Waals surface area contributed by atoms with Crippen LogP contribution in [-0.4, -0.2) is 19.3 Å². The Morgan fingerprint density at radius 3 is 2.20 bits per heavy atom. The van der Waals surface area contributed by atoms with E-state index in [0.29, 0.717) is 12.7 Å². The zero-order valence-corrected chi connectivity index (χ0v) is 7.93. The maximum absolute atomic E-state index is 5.14. The fourth-order valence-electron chi connectivity index (χ4n) is 0.354. The lowest BCUT2D eigenvalue weighted by atomic mass is 10.5. The summed E-state index contributed by atoms with van der Waals surface area (Å²) >= 11 is 0. The summed E-state index contributed by atoms with van der Waals surface area (Å²) in [5.74, 6) is 4.98. The van der Waals surface area contributed by atoms with Crippen LogP contribution < -0.4 is 11.3 Å². The average Bonchev–Trinajstić information content (AvgIpc) is 1.66. The van der Waals surface area contributed by atoms with Crippen molar-refractivity contribution in [1.82, 2.24) is 5.43 Å². The third-order valence-electron chi connectivity index (χ3n) is 0.698. The molecule has 0 heterocycles. The van der Waals surface area contributed by atoms with Crippen molar-refractivity contribution in [3.63, 3.8) is 0 Å². The Hall–Kier alpha value is 0.460. The molecule has 3 N–H and O–H groups in total. The van der Waals surface area contributed by atoms with Crippen LogP contribution in [0, 0.1) is 0 Å². The number of halogens is 2. The van der Waals surface area contributed by atoms with E-state index in [-0.39, 0.29) is 24.8 Å². The van der Waals surface area contributed by atoms with Gasteiger partial charge in [0, 0.05) is 6.54 Å². The van der Waals surface area contributed by atoms with E-state index < -0.39 is 0 Å². The molecule has 0 aromatic rings. The van der Waals surface area contributed by atoms with E-state index in [2.05, 4.69) is 5.43 Å². The molecular formula is C5H16Cl2N2O. The minimum Gasteiger partial charge on any atom is -0.377 e. The van der Waals surface area contributed by atoms with Gasteiger partial charge in [-0.05, 0) is 13.8 Å². The van der Waals surface area contributed by atoms with Gasteiger partial charge in [-0.25, -0.2) is 0 Å². The van der Waals surface area contributed by atoms with Crippen molar-refractivity contribution >= 4 is 24.8 Å². The van der Waals surface area contributed by atoms with Gasteiger partial charge in [-0.15, -0.1) is 24.8 Å². The zero-order valence-electron chi connectivity index (χ0n) is 6.29. The van der Waals surface area contributed by atoms with Crippen LogP contribution in [0.3, 0.4) is 0 Å². The normalized spacial score (nSPS) is 8.40. The van der Waals surface area contributed by atoms with E-state index in [0.717, 1.165) is 6.54 Å². The zero-order chi connectivity index (χ0) is 6.41. The largest absolute Gasteiger partial charge is 0.377 e. The first-order chi connectivity index (χ1) is 3.77. The van der Waals surface area contributed by atoms with E-state index in [1.807, 2.05) is 13.8 Å². The van der Waals surface area contributed by atoms with Crippen LogP contribution in [0.4, 0.5) is 0 Å². The Bertz CT molecular complexity index is 54.9. The van der Waals surface area contributed by atoms with Crippen molar-refractivity contribution in [2.45, 2.75) is 20.0 Å². The molecule has 0 aromatic carbocycles. The minimum atomic E-state index is 0. The van der Waals surface area contributed by atoms with Crippen LogP contribution in [0.1, 0.15) is 13.8 Å². The van der Waals surface area contributed by atoms with Crippen molar-refractivity contribution in [1.29, 1.82) is 0 Å². The summed E-state index contributed by atoms with van der Waals surface area (Å²) in [5.41, 5.74) is 2.50. The molecule has 0 unspecified atom stereocenters. The van der Waals surface area contributed by atoms with Gasteiger partial charge in [0.05, 0.1) is 12.7 Å². The van der Waals surface area contributed by atoms with E-state index in [9.17, 15) is 0 Å². The van der Waals surface area contributed by atoms with Gasteiger partial charge < -0.3 is 4.74 Å². The summed E-state index contributed by atoms with van der Waals surface area (Å²) in [5, 5.41) is 0. The molecule has 0 saturated carbocycles. The fourth-order valence-corrected chi connectivity index (χ4v) is 0.354. The van der Waals surface area contributed by atoms with E-state index in [4.69, 9.17) is 10.6 Å².